The Morgan fingerprint density at radius 2 is 2.05 bits per heavy atom. The molecule has 1 heterocycles. The minimum Gasteiger partial charge on any atom is -0.303 e. The Bertz CT molecular complexity index is 551. The van der Waals surface area contributed by atoms with Crippen LogP contribution in [0.2, 0.25) is 5.02 Å². The summed E-state index contributed by atoms with van der Waals surface area (Å²) in [6, 6.07) is 7.76. The SMILES string of the molecule is CCCC(NC1C=CS(=O)(=O)C1)c1ccc(Cl)cc1. The molecular weight excluding hydrogens is 282 g/mol. The van der Waals surface area contributed by atoms with E-state index in [-0.39, 0.29) is 17.8 Å². The van der Waals surface area contributed by atoms with Gasteiger partial charge in [-0.05, 0) is 24.1 Å². The maximum atomic E-state index is 11.4. The first-order chi connectivity index (χ1) is 9.00. The molecular formula is C14H18ClNO2S. The van der Waals surface area contributed by atoms with Gasteiger partial charge in [-0.2, -0.15) is 0 Å². The molecule has 0 bridgehead atoms. The van der Waals surface area contributed by atoms with Gasteiger partial charge in [-0.1, -0.05) is 43.2 Å². The molecule has 0 spiro atoms. The van der Waals surface area contributed by atoms with Crippen LogP contribution in [-0.4, -0.2) is 20.2 Å². The maximum absolute atomic E-state index is 11.4. The number of hydrogen-bond acceptors (Lipinski definition) is 3. The van der Waals surface area contributed by atoms with E-state index in [1.807, 2.05) is 24.3 Å². The molecule has 0 radical (unpaired) electrons. The van der Waals surface area contributed by atoms with Crippen LogP contribution in [0.25, 0.3) is 0 Å². The molecule has 1 aromatic carbocycles. The van der Waals surface area contributed by atoms with Gasteiger partial charge in [0, 0.05) is 22.5 Å². The van der Waals surface area contributed by atoms with Crippen molar-refractivity contribution >= 4 is 21.4 Å². The fourth-order valence-electron chi connectivity index (χ4n) is 2.27. The standard InChI is InChI=1S/C14H18ClNO2S/c1-2-3-14(11-4-6-12(15)7-5-11)16-13-8-9-19(17,18)10-13/h4-9,13-14,16H,2-3,10H2,1H3. The lowest BCUT2D eigenvalue weighted by molar-refractivity contribution is 0.471. The van der Waals surface area contributed by atoms with Crippen LogP contribution in [0.15, 0.2) is 35.7 Å². The van der Waals surface area contributed by atoms with Gasteiger partial charge in [0.25, 0.3) is 0 Å². The first-order valence-corrected chi connectivity index (χ1v) is 8.52. The van der Waals surface area contributed by atoms with Gasteiger partial charge in [-0.25, -0.2) is 8.42 Å². The minimum absolute atomic E-state index is 0.0998. The van der Waals surface area contributed by atoms with Crippen molar-refractivity contribution < 1.29 is 8.42 Å². The molecule has 2 atom stereocenters. The zero-order valence-electron chi connectivity index (χ0n) is 10.8. The molecule has 104 valence electrons. The third-order valence-corrected chi connectivity index (χ3v) is 4.84. The third kappa shape index (κ3) is 4.06. The van der Waals surface area contributed by atoms with E-state index in [0.717, 1.165) is 18.4 Å². The van der Waals surface area contributed by atoms with Crippen LogP contribution in [0.3, 0.4) is 0 Å². The van der Waals surface area contributed by atoms with Gasteiger partial charge < -0.3 is 5.32 Å². The van der Waals surface area contributed by atoms with E-state index in [1.54, 1.807) is 6.08 Å². The Balaban J connectivity index is 2.09. The normalized spacial score (nSPS) is 22.5. The second kappa shape index (κ2) is 6.07. The zero-order valence-corrected chi connectivity index (χ0v) is 12.4. The average molecular weight is 300 g/mol. The molecule has 1 aliphatic heterocycles. The van der Waals surface area contributed by atoms with E-state index in [2.05, 4.69) is 12.2 Å². The highest BCUT2D eigenvalue weighted by Crippen LogP contribution is 2.22. The predicted octanol–water partition coefficient (Wildman–Crippen LogP) is 3.08. The average Bonchev–Trinajstić information content (AvgIpc) is 2.69. The molecule has 5 heteroatoms. The monoisotopic (exact) mass is 299 g/mol. The molecule has 3 nitrogen and oxygen atoms in total. The lowest BCUT2D eigenvalue weighted by atomic mass is 10.0. The van der Waals surface area contributed by atoms with Crippen LogP contribution in [0.5, 0.6) is 0 Å². The van der Waals surface area contributed by atoms with Crippen LogP contribution in [-0.2, 0) is 9.84 Å². The van der Waals surface area contributed by atoms with Crippen molar-refractivity contribution in [3.05, 3.63) is 46.3 Å². The van der Waals surface area contributed by atoms with Crippen LogP contribution in [0.4, 0.5) is 0 Å². The third-order valence-electron chi connectivity index (χ3n) is 3.20. The summed E-state index contributed by atoms with van der Waals surface area (Å²) in [5, 5.41) is 5.41. The number of rotatable bonds is 5. The summed E-state index contributed by atoms with van der Waals surface area (Å²) >= 11 is 5.89. The van der Waals surface area contributed by atoms with E-state index in [4.69, 9.17) is 11.6 Å². The van der Waals surface area contributed by atoms with E-state index in [9.17, 15) is 8.42 Å². The number of benzene rings is 1. The van der Waals surface area contributed by atoms with Crippen molar-refractivity contribution in [1.29, 1.82) is 0 Å². The largest absolute Gasteiger partial charge is 0.303 e. The molecule has 2 rings (SSSR count). The second-order valence-electron chi connectivity index (χ2n) is 4.82. The second-order valence-corrected chi connectivity index (χ2v) is 7.19. The first kappa shape index (κ1) is 14.6. The maximum Gasteiger partial charge on any atom is 0.173 e. The number of hydrogen-bond donors (Lipinski definition) is 1. The van der Waals surface area contributed by atoms with Gasteiger partial charge >= 0.3 is 0 Å². The van der Waals surface area contributed by atoms with Gasteiger partial charge in [-0.15, -0.1) is 0 Å². The summed E-state index contributed by atoms with van der Waals surface area (Å²) < 4.78 is 22.8. The summed E-state index contributed by atoms with van der Waals surface area (Å²) in [5.41, 5.74) is 1.14. The smallest absolute Gasteiger partial charge is 0.173 e. The molecule has 0 saturated heterocycles. The van der Waals surface area contributed by atoms with E-state index < -0.39 is 9.84 Å². The van der Waals surface area contributed by atoms with Crippen molar-refractivity contribution in [2.24, 2.45) is 0 Å². The summed E-state index contributed by atoms with van der Waals surface area (Å²) in [6.45, 7) is 2.12. The highest BCUT2D eigenvalue weighted by Gasteiger charge is 2.24. The molecule has 1 aromatic rings. The van der Waals surface area contributed by atoms with Crippen molar-refractivity contribution in [2.45, 2.75) is 31.8 Å². The highest BCUT2D eigenvalue weighted by molar-refractivity contribution is 7.94. The van der Waals surface area contributed by atoms with Gasteiger partial charge in [0.15, 0.2) is 9.84 Å². The van der Waals surface area contributed by atoms with Crippen molar-refractivity contribution in [3.8, 4) is 0 Å². The molecule has 0 saturated carbocycles. The molecule has 2 unspecified atom stereocenters. The van der Waals surface area contributed by atoms with Crippen molar-refractivity contribution in [2.75, 3.05) is 5.75 Å². The van der Waals surface area contributed by atoms with Crippen molar-refractivity contribution in [1.82, 2.24) is 5.32 Å². The van der Waals surface area contributed by atoms with Crippen LogP contribution >= 0.6 is 11.6 Å². The summed E-state index contributed by atoms with van der Waals surface area (Å²) in [5.74, 6) is 0.154. The minimum atomic E-state index is -3.01. The predicted molar refractivity (Wildman–Crippen MR) is 79.0 cm³/mol. The zero-order chi connectivity index (χ0) is 13.9. The van der Waals surface area contributed by atoms with E-state index in [0.29, 0.717) is 5.02 Å². The molecule has 19 heavy (non-hydrogen) atoms. The van der Waals surface area contributed by atoms with Gasteiger partial charge in [0.2, 0.25) is 0 Å². The molecule has 0 fully saturated rings. The van der Waals surface area contributed by atoms with Crippen LogP contribution in [0.1, 0.15) is 31.4 Å². The van der Waals surface area contributed by atoms with E-state index in [1.165, 1.54) is 5.41 Å². The number of nitrogens with one attached hydrogen (secondary N) is 1. The highest BCUT2D eigenvalue weighted by atomic mass is 35.5. The van der Waals surface area contributed by atoms with Gasteiger partial charge in [0.1, 0.15) is 0 Å². The number of sulfone groups is 1. The molecule has 0 aliphatic carbocycles. The first-order valence-electron chi connectivity index (χ1n) is 6.42. The molecule has 0 amide bonds. The van der Waals surface area contributed by atoms with Crippen molar-refractivity contribution in [3.63, 3.8) is 0 Å². The van der Waals surface area contributed by atoms with Crippen LogP contribution < -0.4 is 5.32 Å². The summed E-state index contributed by atoms with van der Waals surface area (Å²) in [6.07, 6.45) is 3.73. The van der Waals surface area contributed by atoms with E-state index >= 15 is 0 Å². The molecule has 1 N–H and O–H groups in total. The Kier molecular flexibility index (Phi) is 4.66. The lowest BCUT2D eigenvalue weighted by Crippen LogP contribution is -2.33. The Morgan fingerprint density at radius 3 is 2.58 bits per heavy atom. The van der Waals surface area contributed by atoms with Crippen LogP contribution in [0, 0.1) is 0 Å². The molecule has 0 aromatic heterocycles. The Hall–Kier alpha value is -0.840. The van der Waals surface area contributed by atoms with Gasteiger partial charge in [0.05, 0.1) is 5.75 Å². The van der Waals surface area contributed by atoms with Gasteiger partial charge in [-0.3, -0.25) is 0 Å². The quantitative estimate of drug-likeness (QED) is 0.909. The fraction of sp³-hybridized carbons (Fsp3) is 0.429. The summed E-state index contributed by atoms with van der Waals surface area (Å²) in [7, 11) is -3.01. The Morgan fingerprint density at radius 1 is 1.37 bits per heavy atom. The topological polar surface area (TPSA) is 46.2 Å². The number of halogens is 1. The lowest BCUT2D eigenvalue weighted by Gasteiger charge is -2.22. The fourth-order valence-corrected chi connectivity index (χ4v) is 3.64. The Labute approximate surface area is 119 Å². The molecule has 1 aliphatic rings. The summed E-state index contributed by atoms with van der Waals surface area (Å²) in [4.78, 5) is 0.